The van der Waals surface area contributed by atoms with E-state index in [0.29, 0.717) is 31.5 Å². The lowest BCUT2D eigenvalue weighted by Gasteiger charge is -2.40. The monoisotopic (exact) mass is 473 g/mol. The Labute approximate surface area is 191 Å². The van der Waals surface area contributed by atoms with Crippen molar-refractivity contribution in [2.45, 2.75) is 87.8 Å². The summed E-state index contributed by atoms with van der Waals surface area (Å²) in [7, 11) is -1.99. The van der Waals surface area contributed by atoms with Crippen molar-refractivity contribution in [3.8, 4) is 0 Å². The molecular weight excluding hydrogens is 434 g/mol. The fraction of sp³-hybridized carbons (Fsp3) is 0.909. The van der Waals surface area contributed by atoms with Crippen molar-refractivity contribution in [3.05, 3.63) is 0 Å². The molecule has 3 fully saturated rings. The lowest BCUT2D eigenvalue weighted by atomic mass is 9.92. The number of nitrogens with zero attached hydrogens (tertiary/aromatic N) is 2. The predicted molar refractivity (Wildman–Crippen MR) is 119 cm³/mol. The van der Waals surface area contributed by atoms with Gasteiger partial charge in [0.2, 0.25) is 15.9 Å². The van der Waals surface area contributed by atoms with Gasteiger partial charge in [-0.3, -0.25) is 14.8 Å². The van der Waals surface area contributed by atoms with Crippen LogP contribution in [0.25, 0.3) is 0 Å². The van der Waals surface area contributed by atoms with E-state index in [4.69, 9.17) is 9.94 Å². The Morgan fingerprint density at radius 2 is 1.72 bits per heavy atom. The number of ether oxygens (including phenoxy) is 1. The van der Waals surface area contributed by atoms with E-state index in [1.165, 1.54) is 23.6 Å². The zero-order valence-corrected chi connectivity index (χ0v) is 20.1. The SMILES string of the molecule is CN(C(=O)CCCC1CCN(S(=O)(=O)C2(C(=O)NO)CCOCC2)CC1)C1CCCCC1. The summed E-state index contributed by atoms with van der Waals surface area (Å²) >= 11 is 0. The molecule has 0 aromatic heterocycles. The summed E-state index contributed by atoms with van der Waals surface area (Å²) in [6.07, 6.45) is 9.70. The zero-order chi connectivity index (χ0) is 23.2. The van der Waals surface area contributed by atoms with Gasteiger partial charge in [-0.15, -0.1) is 0 Å². The van der Waals surface area contributed by atoms with Crippen LogP contribution >= 0.6 is 0 Å². The smallest absolute Gasteiger partial charge is 0.266 e. The van der Waals surface area contributed by atoms with Crippen molar-refractivity contribution < 1.29 is 28.0 Å². The van der Waals surface area contributed by atoms with E-state index in [1.807, 2.05) is 11.9 Å². The minimum absolute atomic E-state index is 0.0400. The summed E-state index contributed by atoms with van der Waals surface area (Å²) in [5, 5.41) is 9.17. The Morgan fingerprint density at radius 3 is 2.31 bits per heavy atom. The molecule has 0 radical (unpaired) electrons. The van der Waals surface area contributed by atoms with E-state index in [2.05, 4.69) is 0 Å². The van der Waals surface area contributed by atoms with Crippen LogP contribution in [-0.4, -0.2) is 78.8 Å². The molecule has 3 rings (SSSR count). The van der Waals surface area contributed by atoms with E-state index in [1.54, 1.807) is 5.48 Å². The average Bonchev–Trinajstić information content (AvgIpc) is 2.84. The molecule has 2 heterocycles. The molecule has 2 saturated heterocycles. The summed E-state index contributed by atoms with van der Waals surface area (Å²) in [5.41, 5.74) is 1.56. The lowest BCUT2D eigenvalue weighted by molar-refractivity contribution is -0.134. The first-order chi connectivity index (χ1) is 15.3. The molecule has 0 bridgehead atoms. The van der Waals surface area contributed by atoms with Crippen molar-refractivity contribution in [1.29, 1.82) is 0 Å². The van der Waals surface area contributed by atoms with Gasteiger partial charge in [-0.25, -0.2) is 18.2 Å². The summed E-state index contributed by atoms with van der Waals surface area (Å²) < 4.78 is 31.7. The van der Waals surface area contributed by atoms with Crippen LogP contribution in [0.3, 0.4) is 0 Å². The molecule has 1 saturated carbocycles. The first-order valence-electron chi connectivity index (χ1n) is 12.1. The predicted octanol–water partition coefficient (Wildman–Crippen LogP) is 2.04. The second kappa shape index (κ2) is 11.3. The number of hydroxylamine groups is 1. The third-order valence-corrected chi connectivity index (χ3v) is 10.4. The average molecular weight is 474 g/mol. The molecule has 184 valence electrons. The quantitative estimate of drug-likeness (QED) is 0.412. The van der Waals surface area contributed by atoms with Gasteiger partial charge < -0.3 is 9.64 Å². The number of nitrogens with one attached hydrogen (secondary N) is 1. The van der Waals surface area contributed by atoms with Crippen molar-refractivity contribution in [3.63, 3.8) is 0 Å². The molecule has 10 heteroatoms. The third kappa shape index (κ3) is 5.46. The molecule has 9 nitrogen and oxygen atoms in total. The van der Waals surface area contributed by atoms with Crippen LogP contribution in [0, 0.1) is 5.92 Å². The van der Waals surface area contributed by atoms with Crippen LogP contribution < -0.4 is 5.48 Å². The first kappa shape index (κ1) is 25.4. The Bertz CT molecular complexity index is 739. The Balaban J connectivity index is 1.47. The van der Waals surface area contributed by atoms with Gasteiger partial charge in [0.15, 0.2) is 4.75 Å². The summed E-state index contributed by atoms with van der Waals surface area (Å²) in [5.74, 6) is -0.275. The van der Waals surface area contributed by atoms with Gasteiger partial charge in [0.1, 0.15) is 0 Å². The van der Waals surface area contributed by atoms with E-state index in [0.717, 1.165) is 38.5 Å². The van der Waals surface area contributed by atoms with Crippen molar-refractivity contribution in [1.82, 2.24) is 14.7 Å². The van der Waals surface area contributed by atoms with Gasteiger partial charge >= 0.3 is 0 Å². The first-order valence-corrected chi connectivity index (χ1v) is 13.5. The molecule has 1 aliphatic carbocycles. The summed E-state index contributed by atoms with van der Waals surface area (Å²) in [6.45, 7) is 1.08. The summed E-state index contributed by atoms with van der Waals surface area (Å²) in [6, 6.07) is 0.387. The van der Waals surface area contributed by atoms with Crippen LogP contribution in [0.1, 0.15) is 77.0 Å². The van der Waals surface area contributed by atoms with E-state index in [9.17, 15) is 18.0 Å². The highest BCUT2D eigenvalue weighted by Gasteiger charge is 2.54. The topological polar surface area (TPSA) is 116 Å². The maximum absolute atomic E-state index is 13.3. The van der Waals surface area contributed by atoms with E-state index < -0.39 is 20.7 Å². The second-order valence-electron chi connectivity index (χ2n) is 9.58. The third-order valence-electron chi connectivity index (χ3n) is 7.74. The van der Waals surface area contributed by atoms with Crippen LogP contribution in [-0.2, 0) is 24.3 Å². The van der Waals surface area contributed by atoms with Gasteiger partial charge in [-0.05, 0) is 44.4 Å². The Hall–Kier alpha value is -1.23. The molecule has 0 atom stereocenters. The molecule has 32 heavy (non-hydrogen) atoms. The number of carbonyl (C=O) groups excluding carboxylic acids is 2. The molecule has 0 aromatic carbocycles. The van der Waals surface area contributed by atoms with Crippen molar-refractivity contribution in [2.75, 3.05) is 33.4 Å². The van der Waals surface area contributed by atoms with Gasteiger partial charge in [-0.1, -0.05) is 19.3 Å². The minimum atomic E-state index is -3.92. The second-order valence-corrected chi connectivity index (χ2v) is 11.8. The molecule has 2 amide bonds. The highest BCUT2D eigenvalue weighted by atomic mass is 32.2. The van der Waals surface area contributed by atoms with Gasteiger partial charge in [0.25, 0.3) is 5.91 Å². The molecule has 0 aromatic rings. The Kier molecular flexibility index (Phi) is 8.94. The molecule has 3 aliphatic rings. The number of carbonyl (C=O) groups is 2. The maximum atomic E-state index is 13.3. The zero-order valence-electron chi connectivity index (χ0n) is 19.3. The van der Waals surface area contributed by atoms with Crippen LogP contribution in [0.5, 0.6) is 0 Å². The number of sulfonamides is 1. The molecule has 0 spiro atoms. The summed E-state index contributed by atoms with van der Waals surface area (Å²) in [4.78, 5) is 26.8. The largest absolute Gasteiger partial charge is 0.381 e. The number of amides is 2. The number of rotatable bonds is 8. The minimum Gasteiger partial charge on any atom is -0.381 e. The number of hydrogen-bond acceptors (Lipinski definition) is 6. The standard InChI is InChI=1S/C22H39N3O6S/c1-24(19-7-3-2-4-8-19)20(26)9-5-6-18-10-14-25(15-11-18)32(29,30)22(21(27)23-28)12-16-31-17-13-22/h18-19,28H,2-17H2,1H3,(H,23,27). The van der Waals surface area contributed by atoms with Crippen molar-refractivity contribution >= 4 is 21.8 Å². The molecule has 2 aliphatic heterocycles. The highest BCUT2D eigenvalue weighted by molar-refractivity contribution is 7.91. The fourth-order valence-corrected chi connectivity index (χ4v) is 7.63. The van der Waals surface area contributed by atoms with E-state index in [-0.39, 0.29) is 32.0 Å². The van der Waals surface area contributed by atoms with Crippen LogP contribution in [0.2, 0.25) is 0 Å². The number of hydrogen-bond donors (Lipinski definition) is 2. The van der Waals surface area contributed by atoms with Crippen LogP contribution in [0.15, 0.2) is 0 Å². The van der Waals surface area contributed by atoms with E-state index >= 15 is 0 Å². The fourth-order valence-electron chi connectivity index (χ4n) is 5.48. The van der Waals surface area contributed by atoms with Gasteiger partial charge in [0, 0.05) is 58.7 Å². The molecule has 0 unspecified atom stereocenters. The Morgan fingerprint density at radius 1 is 1.09 bits per heavy atom. The molecule has 2 N–H and O–H groups in total. The van der Waals surface area contributed by atoms with Gasteiger partial charge in [-0.2, -0.15) is 0 Å². The van der Waals surface area contributed by atoms with Crippen molar-refractivity contribution in [2.24, 2.45) is 5.92 Å². The maximum Gasteiger partial charge on any atom is 0.266 e. The van der Waals surface area contributed by atoms with Gasteiger partial charge in [0.05, 0.1) is 0 Å². The van der Waals surface area contributed by atoms with Crippen LogP contribution in [0.4, 0.5) is 0 Å². The normalized spacial score (nSPS) is 23.6. The number of piperidine rings is 1. The lowest BCUT2D eigenvalue weighted by Crippen LogP contribution is -2.60. The molecular formula is C22H39N3O6S. The highest BCUT2D eigenvalue weighted by Crippen LogP contribution is 2.35.